The second kappa shape index (κ2) is 11.6. The van der Waals surface area contributed by atoms with E-state index in [0.717, 1.165) is 41.2 Å². The summed E-state index contributed by atoms with van der Waals surface area (Å²) in [5, 5.41) is 3.46. The number of thiazole rings is 1. The third-order valence-corrected chi connectivity index (χ3v) is 6.90. The molecule has 0 aliphatic carbocycles. The van der Waals surface area contributed by atoms with Gasteiger partial charge in [-0.05, 0) is 54.3 Å². The highest BCUT2D eigenvalue weighted by molar-refractivity contribution is 7.13. The first-order chi connectivity index (χ1) is 18.8. The van der Waals surface area contributed by atoms with Crippen molar-refractivity contribution in [3.05, 3.63) is 112 Å². The highest BCUT2D eigenvalue weighted by atomic mass is 32.1. The number of nitrogens with one attached hydrogen (secondary N) is 1. The van der Waals surface area contributed by atoms with Crippen LogP contribution in [-0.2, 0) is 11.8 Å². The van der Waals surface area contributed by atoms with Crippen molar-refractivity contribution in [1.82, 2.24) is 10.3 Å². The summed E-state index contributed by atoms with van der Waals surface area (Å²) in [5.41, 5.74) is -0.104. The molecule has 0 unspecified atom stereocenters. The van der Waals surface area contributed by atoms with E-state index in [1.54, 1.807) is 37.3 Å². The highest BCUT2D eigenvalue weighted by Gasteiger charge is 2.38. The molecule has 1 amide bonds. The van der Waals surface area contributed by atoms with Crippen LogP contribution in [0.2, 0.25) is 0 Å². The van der Waals surface area contributed by atoms with Gasteiger partial charge in [0.15, 0.2) is 0 Å². The Hall–Kier alpha value is -4.06. The van der Waals surface area contributed by atoms with E-state index in [1.807, 2.05) is 0 Å². The average molecular weight is 581 g/mol. The number of ether oxygens (including phenoxy) is 2. The standard InChI is InChI=1S/C28H22F6N2O3S/c1-18-35-16-24(40-18)25(37)36-17-26(15-19-7-3-2-4-8-19,20-9-5-11-22(13-20)38-27(29,30)31)21-10-6-12-23(14-21)39-28(32,33)34/h2-14,16H,15,17H2,1H3,(H,36,37). The molecular formula is C28H22F6N2O3S. The highest BCUT2D eigenvalue weighted by Crippen LogP contribution is 2.40. The first-order valence-corrected chi connectivity index (χ1v) is 12.6. The summed E-state index contributed by atoms with van der Waals surface area (Å²) < 4.78 is 86.8. The molecule has 0 aliphatic heterocycles. The van der Waals surface area contributed by atoms with E-state index < -0.39 is 35.5 Å². The Bertz CT molecular complexity index is 1390. The third kappa shape index (κ3) is 7.53. The molecule has 0 aliphatic rings. The fourth-order valence-corrected chi connectivity index (χ4v) is 5.04. The van der Waals surface area contributed by atoms with Gasteiger partial charge in [0.1, 0.15) is 16.4 Å². The van der Waals surface area contributed by atoms with Gasteiger partial charge in [-0.1, -0.05) is 54.6 Å². The molecule has 0 atom stereocenters. The first-order valence-electron chi connectivity index (χ1n) is 11.8. The van der Waals surface area contributed by atoms with Gasteiger partial charge in [-0.2, -0.15) is 0 Å². The van der Waals surface area contributed by atoms with Crippen LogP contribution < -0.4 is 14.8 Å². The first kappa shape index (κ1) is 28.9. The average Bonchev–Trinajstić information content (AvgIpc) is 3.31. The van der Waals surface area contributed by atoms with Crippen molar-refractivity contribution in [2.45, 2.75) is 31.5 Å². The van der Waals surface area contributed by atoms with Gasteiger partial charge >= 0.3 is 12.7 Å². The molecule has 1 N–H and O–H groups in total. The minimum absolute atomic E-state index is 0.0980. The molecule has 0 fully saturated rings. The van der Waals surface area contributed by atoms with Crippen molar-refractivity contribution in [2.24, 2.45) is 0 Å². The number of alkyl halides is 6. The zero-order valence-corrected chi connectivity index (χ0v) is 21.7. The minimum atomic E-state index is -4.97. The SMILES string of the molecule is Cc1ncc(C(=O)NCC(Cc2ccccc2)(c2cccc(OC(F)(F)F)c2)c2cccc(OC(F)(F)F)c2)s1. The van der Waals surface area contributed by atoms with Gasteiger partial charge in [-0.15, -0.1) is 37.7 Å². The van der Waals surface area contributed by atoms with Crippen molar-refractivity contribution in [3.8, 4) is 11.5 Å². The van der Waals surface area contributed by atoms with E-state index in [4.69, 9.17) is 0 Å². The molecule has 0 radical (unpaired) electrons. The molecular weight excluding hydrogens is 558 g/mol. The van der Waals surface area contributed by atoms with Gasteiger partial charge < -0.3 is 14.8 Å². The maximum atomic E-state index is 13.1. The summed E-state index contributed by atoms with van der Waals surface area (Å²) in [7, 11) is 0. The number of halogens is 6. The zero-order chi connectivity index (χ0) is 29.0. The lowest BCUT2D eigenvalue weighted by molar-refractivity contribution is -0.275. The molecule has 1 aromatic heterocycles. The van der Waals surface area contributed by atoms with Crippen LogP contribution in [0.4, 0.5) is 26.3 Å². The molecule has 12 heteroatoms. The zero-order valence-electron chi connectivity index (χ0n) is 20.8. The second-order valence-electron chi connectivity index (χ2n) is 8.82. The number of carbonyl (C=O) groups is 1. The smallest absolute Gasteiger partial charge is 0.406 e. The minimum Gasteiger partial charge on any atom is -0.406 e. The summed E-state index contributed by atoms with van der Waals surface area (Å²) in [6, 6.07) is 19.2. The lowest BCUT2D eigenvalue weighted by atomic mass is 9.70. The summed E-state index contributed by atoms with van der Waals surface area (Å²) in [6.45, 7) is 1.53. The van der Waals surface area contributed by atoms with Gasteiger partial charge in [0.25, 0.3) is 5.91 Å². The maximum absolute atomic E-state index is 13.1. The van der Waals surface area contributed by atoms with Crippen LogP contribution in [0.15, 0.2) is 85.1 Å². The number of aryl methyl sites for hydroxylation is 1. The van der Waals surface area contributed by atoms with E-state index in [9.17, 15) is 31.1 Å². The number of carbonyl (C=O) groups excluding carboxylic acids is 1. The van der Waals surface area contributed by atoms with Crippen LogP contribution in [0.5, 0.6) is 11.5 Å². The Morgan fingerprint density at radius 2 is 1.38 bits per heavy atom. The van der Waals surface area contributed by atoms with Crippen LogP contribution in [0.25, 0.3) is 0 Å². The number of amides is 1. The van der Waals surface area contributed by atoms with Gasteiger partial charge in [0.2, 0.25) is 0 Å². The van der Waals surface area contributed by atoms with Crippen molar-refractivity contribution in [3.63, 3.8) is 0 Å². The van der Waals surface area contributed by atoms with Crippen molar-refractivity contribution in [1.29, 1.82) is 0 Å². The maximum Gasteiger partial charge on any atom is 0.573 e. The third-order valence-electron chi connectivity index (χ3n) is 5.98. The van der Waals surface area contributed by atoms with Gasteiger partial charge in [-0.3, -0.25) is 4.79 Å². The molecule has 4 rings (SSSR count). The fraction of sp³-hybridized carbons (Fsp3) is 0.214. The Labute approximate surface area is 229 Å². The summed E-state index contributed by atoms with van der Waals surface area (Å²) >= 11 is 1.15. The van der Waals surface area contributed by atoms with Gasteiger partial charge in [-0.25, -0.2) is 4.98 Å². The monoisotopic (exact) mass is 580 g/mol. The number of hydrogen-bond acceptors (Lipinski definition) is 5. The van der Waals surface area contributed by atoms with Crippen LogP contribution in [-0.4, -0.2) is 30.2 Å². The summed E-state index contributed by atoms with van der Waals surface area (Å²) in [5.74, 6) is -1.53. The number of hydrogen-bond donors (Lipinski definition) is 1. The molecule has 0 spiro atoms. The number of nitrogens with zero attached hydrogens (tertiary/aromatic N) is 1. The van der Waals surface area contributed by atoms with Crippen molar-refractivity contribution < 1.29 is 40.6 Å². The van der Waals surface area contributed by atoms with Gasteiger partial charge in [0, 0.05) is 12.0 Å². The second-order valence-corrected chi connectivity index (χ2v) is 10.1. The predicted molar refractivity (Wildman–Crippen MR) is 136 cm³/mol. The van der Waals surface area contributed by atoms with E-state index in [1.165, 1.54) is 30.5 Å². The van der Waals surface area contributed by atoms with Crippen LogP contribution >= 0.6 is 11.3 Å². The van der Waals surface area contributed by atoms with E-state index in [2.05, 4.69) is 19.8 Å². The van der Waals surface area contributed by atoms with E-state index in [-0.39, 0.29) is 24.1 Å². The lowest BCUT2D eigenvalue weighted by Gasteiger charge is -2.36. The van der Waals surface area contributed by atoms with Crippen LogP contribution in [0.3, 0.4) is 0 Å². The van der Waals surface area contributed by atoms with Crippen molar-refractivity contribution >= 4 is 17.2 Å². The summed E-state index contributed by atoms with van der Waals surface area (Å²) in [6.07, 6.45) is -8.45. The lowest BCUT2D eigenvalue weighted by Crippen LogP contribution is -2.43. The summed E-state index contributed by atoms with van der Waals surface area (Å²) in [4.78, 5) is 17.4. The Kier molecular flexibility index (Phi) is 8.38. The Morgan fingerprint density at radius 1 is 0.825 bits per heavy atom. The van der Waals surface area contributed by atoms with Gasteiger partial charge in [0.05, 0.1) is 11.2 Å². The molecule has 0 saturated carbocycles. The molecule has 210 valence electrons. The molecule has 0 saturated heterocycles. The van der Waals surface area contributed by atoms with Crippen molar-refractivity contribution in [2.75, 3.05) is 6.54 Å². The molecule has 40 heavy (non-hydrogen) atoms. The molecule has 5 nitrogen and oxygen atoms in total. The Morgan fingerprint density at radius 3 is 1.85 bits per heavy atom. The number of benzene rings is 3. The quantitative estimate of drug-likeness (QED) is 0.213. The topological polar surface area (TPSA) is 60.5 Å². The predicted octanol–water partition coefficient (Wildman–Crippen LogP) is 7.21. The molecule has 4 aromatic rings. The largest absolute Gasteiger partial charge is 0.573 e. The number of aromatic nitrogens is 1. The molecule has 0 bridgehead atoms. The van der Waals surface area contributed by atoms with E-state index in [0.29, 0.717) is 9.88 Å². The normalized spacial score (nSPS) is 12.2. The van der Waals surface area contributed by atoms with Crippen LogP contribution in [0.1, 0.15) is 31.4 Å². The molecule has 1 heterocycles. The van der Waals surface area contributed by atoms with Crippen LogP contribution in [0, 0.1) is 6.92 Å². The number of rotatable bonds is 9. The fourth-order valence-electron chi connectivity index (χ4n) is 4.35. The Balaban J connectivity index is 1.88. The molecule has 3 aromatic carbocycles. The van der Waals surface area contributed by atoms with E-state index >= 15 is 0 Å².